The number of benzene rings is 1. The first-order valence-corrected chi connectivity index (χ1v) is 7.32. The topological polar surface area (TPSA) is 60.9 Å². The minimum absolute atomic E-state index is 0.138. The van der Waals surface area contributed by atoms with E-state index in [-0.39, 0.29) is 12.6 Å². The number of carbonyl (C=O) groups is 2. The summed E-state index contributed by atoms with van der Waals surface area (Å²) < 4.78 is 0. The molecule has 1 aliphatic heterocycles. The molecule has 2 amide bonds. The number of urea groups is 1. The zero-order valence-corrected chi connectivity index (χ0v) is 12.7. The molecule has 1 N–H and O–H groups in total. The van der Waals surface area contributed by atoms with E-state index in [1.807, 2.05) is 18.2 Å². The molecular formula is C15H19ClN2O3. The van der Waals surface area contributed by atoms with Gasteiger partial charge >= 0.3 is 12.0 Å². The van der Waals surface area contributed by atoms with Crippen molar-refractivity contribution < 1.29 is 14.7 Å². The van der Waals surface area contributed by atoms with Gasteiger partial charge in [-0.05, 0) is 30.5 Å². The maximum atomic E-state index is 12.4. The molecule has 0 bridgehead atoms. The van der Waals surface area contributed by atoms with Crippen LogP contribution in [0.15, 0.2) is 24.3 Å². The number of hydrogen-bond acceptors (Lipinski definition) is 2. The van der Waals surface area contributed by atoms with E-state index >= 15 is 0 Å². The number of halogens is 1. The molecule has 0 aliphatic carbocycles. The number of aliphatic carboxylic acids is 1. The van der Waals surface area contributed by atoms with E-state index in [0.717, 1.165) is 12.0 Å². The van der Waals surface area contributed by atoms with Crippen molar-refractivity contribution in [3.8, 4) is 0 Å². The summed E-state index contributed by atoms with van der Waals surface area (Å²) in [5, 5.41) is 9.71. The molecule has 21 heavy (non-hydrogen) atoms. The van der Waals surface area contributed by atoms with Crippen molar-refractivity contribution in [1.29, 1.82) is 0 Å². The number of piperidine rings is 1. The summed E-state index contributed by atoms with van der Waals surface area (Å²) in [4.78, 5) is 26.6. The Morgan fingerprint density at radius 3 is 2.90 bits per heavy atom. The molecule has 114 valence electrons. The van der Waals surface area contributed by atoms with E-state index < -0.39 is 11.9 Å². The molecule has 1 saturated heterocycles. The average Bonchev–Trinajstić information content (AvgIpc) is 2.46. The third kappa shape index (κ3) is 4.11. The van der Waals surface area contributed by atoms with Gasteiger partial charge in [-0.2, -0.15) is 0 Å². The number of nitrogens with zero attached hydrogens (tertiary/aromatic N) is 2. The molecule has 1 aromatic rings. The van der Waals surface area contributed by atoms with Gasteiger partial charge in [0.05, 0.1) is 5.92 Å². The Hall–Kier alpha value is -1.75. The fourth-order valence-corrected chi connectivity index (χ4v) is 2.78. The third-order valence-corrected chi connectivity index (χ3v) is 3.91. The van der Waals surface area contributed by atoms with Crippen molar-refractivity contribution in [3.63, 3.8) is 0 Å². The van der Waals surface area contributed by atoms with Crippen molar-refractivity contribution in [2.24, 2.45) is 5.92 Å². The van der Waals surface area contributed by atoms with Gasteiger partial charge in [-0.1, -0.05) is 23.7 Å². The molecule has 2 rings (SSSR count). The van der Waals surface area contributed by atoms with Crippen LogP contribution in [0, 0.1) is 5.92 Å². The molecule has 1 aromatic carbocycles. The summed E-state index contributed by atoms with van der Waals surface area (Å²) in [6, 6.07) is 7.22. The Morgan fingerprint density at radius 2 is 2.24 bits per heavy atom. The number of amides is 2. The maximum absolute atomic E-state index is 12.4. The predicted octanol–water partition coefficient (Wildman–Crippen LogP) is 2.69. The van der Waals surface area contributed by atoms with E-state index in [1.165, 1.54) is 0 Å². The summed E-state index contributed by atoms with van der Waals surface area (Å²) in [6.07, 6.45) is 1.37. The van der Waals surface area contributed by atoms with Gasteiger partial charge in [-0.3, -0.25) is 4.79 Å². The largest absolute Gasteiger partial charge is 0.481 e. The van der Waals surface area contributed by atoms with Gasteiger partial charge in [0.2, 0.25) is 0 Å². The lowest BCUT2D eigenvalue weighted by Gasteiger charge is -2.33. The summed E-state index contributed by atoms with van der Waals surface area (Å²) in [5.41, 5.74) is 0.949. The smallest absolute Gasteiger partial charge is 0.320 e. The Balaban J connectivity index is 1.97. The van der Waals surface area contributed by atoms with Crippen molar-refractivity contribution in [3.05, 3.63) is 34.9 Å². The van der Waals surface area contributed by atoms with Gasteiger partial charge in [0.1, 0.15) is 0 Å². The Kier molecular flexibility index (Phi) is 5.07. The second-order valence-corrected chi connectivity index (χ2v) is 5.83. The van der Waals surface area contributed by atoms with Crippen LogP contribution in [-0.4, -0.2) is 47.0 Å². The lowest BCUT2D eigenvalue weighted by molar-refractivity contribution is -0.143. The van der Waals surface area contributed by atoms with Gasteiger partial charge in [-0.25, -0.2) is 4.79 Å². The van der Waals surface area contributed by atoms with E-state index in [2.05, 4.69) is 0 Å². The van der Waals surface area contributed by atoms with Crippen molar-refractivity contribution >= 4 is 23.6 Å². The van der Waals surface area contributed by atoms with Crippen molar-refractivity contribution in [2.45, 2.75) is 19.4 Å². The van der Waals surface area contributed by atoms with Crippen molar-refractivity contribution in [2.75, 3.05) is 20.1 Å². The first-order chi connectivity index (χ1) is 9.97. The van der Waals surface area contributed by atoms with Gasteiger partial charge in [0.25, 0.3) is 0 Å². The van der Waals surface area contributed by atoms with E-state index in [9.17, 15) is 9.59 Å². The minimum atomic E-state index is -0.829. The second kappa shape index (κ2) is 6.80. The molecule has 0 unspecified atom stereocenters. The summed E-state index contributed by atoms with van der Waals surface area (Å²) in [5.74, 6) is -1.28. The van der Waals surface area contributed by atoms with Crippen LogP contribution in [0.5, 0.6) is 0 Å². The van der Waals surface area contributed by atoms with Gasteiger partial charge < -0.3 is 14.9 Å². The zero-order valence-electron chi connectivity index (χ0n) is 12.0. The molecule has 1 heterocycles. The highest BCUT2D eigenvalue weighted by molar-refractivity contribution is 6.30. The summed E-state index contributed by atoms with van der Waals surface area (Å²) >= 11 is 5.93. The molecular weight excluding hydrogens is 292 g/mol. The Labute approximate surface area is 129 Å². The predicted molar refractivity (Wildman–Crippen MR) is 80.2 cm³/mol. The normalized spacial score (nSPS) is 18.4. The molecule has 0 radical (unpaired) electrons. The van der Waals surface area contributed by atoms with Crippen LogP contribution >= 0.6 is 11.6 Å². The first-order valence-electron chi connectivity index (χ1n) is 6.94. The fourth-order valence-electron chi connectivity index (χ4n) is 2.57. The SMILES string of the molecule is CN(Cc1cccc(Cl)c1)C(=O)N1CCC[C@H](C(=O)O)C1. The Morgan fingerprint density at radius 1 is 1.48 bits per heavy atom. The molecule has 0 aromatic heterocycles. The van der Waals surface area contributed by atoms with Gasteiger partial charge in [0.15, 0.2) is 0 Å². The highest BCUT2D eigenvalue weighted by Crippen LogP contribution is 2.19. The molecule has 1 atom stereocenters. The molecule has 1 fully saturated rings. The third-order valence-electron chi connectivity index (χ3n) is 3.68. The summed E-state index contributed by atoms with van der Waals surface area (Å²) in [7, 11) is 1.72. The van der Waals surface area contributed by atoms with Gasteiger partial charge in [0, 0.05) is 31.7 Å². The zero-order chi connectivity index (χ0) is 15.4. The van der Waals surface area contributed by atoms with Crippen LogP contribution in [0.1, 0.15) is 18.4 Å². The molecule has 6 heteroatoms. The van der Waals surface area contributed by atoms with E-state index in [0.29, 0.717) is 24.5 Å². The number of hydrogen-bond donors (Lipinski definition) is 1. The van der Waals surface area contributed by atoms with Crippen LogP contribution in [0.3, 0.4) is 0 Å². The summed E-state index contributed by atoms with van der Waals surface area (Å²) in [6.45, 7) is 1.35. The standard InChI is InChI=1S/C15H19ClN2O3/c1-17(9-11-4-2-6-13(16)8-11)15(21)18-7-3-5-12(10-18)14(19)20/h2,4,6,8,12H,3,5,7,9-10H2,1H3,(H,19,20)/t12-/m0/s1. The second-order valence-electron chi connectivity index (χ2n) is 5.39. The highest BCUT2D eigenvalue weighted by atomic mass is 35.5. The molecule has 0 spiro atoms. The number of rotatable bonds is 3. The Bertz CT molecular complexity index is 535. The van der Waals surface area contributed by atoms with Crippen molar-refractivity contribution in [1.82, 2.24) is 9.80 Å². The van der Waals surface area contributed by atoms with Crippen LogP contribution in [0.4, 0.5) is 4.79 Å². The lowest BCUT2D eigenvalue weighted by atomic mass is 9.99. The monoisotopic (exact) mass is 310 g/mol. The molecule has 0 saturated carbocycles. The first kappa shape index (κ1) is 15.6. The number of carboxylic acid groups (broad SMARTS) is 1. The van der Waals surface area contributed by atoms with E-state index in [1.54, 1.807) is 22.9 Å². The van der Waals surface area contributed by atoms with Crippen LogP contribution in [0.2, 0.25) is 5.02 Å². The number of likely N-dealkylation sites (tertiary alicyclic amines) is 1. The quantitative estimate of drug-likeness (QED) is 0.933. The highest BCUT2D eigenvalue weighted by Gasteiger charge is 2.29. The number of carboxylic acids is 1. The maximum Gasteiger partial charge on any atom is 0.320 e. The van der Waals surface area contributed by atoms with Crippen LogP contribution < -0.4 is 0 Å². The van der Waals surface area contributed by atoms with Crippen LogP contribution in [-0.2, 0) is 11.3 Å². The van der Waals surface area contributed by atoms with E-state index in [4.69, 9.17) is 16.7 Å². The van der Waals surface area contributed by atoms with Crippen LogP contribution in [0.25, 0.3) is 0 Å². The minimum Gasteiger partial charge on any atom is -0.481 e. The molecule has 1 aliphatic rings. The van der Waals surface area contributed by atoms with Gasteiger partial charge in [-0.15, -0.1) is 0 Å². The molecule has 5 nitrogen and oxygen atoms in total. The number of carbonyl (C=O) groups excluding carboxylic acids is 1. The average molecular weight is 311 g/mol. The lowest BCUT2D eigenvalue weighted by Crippen LogP contribution is -2.47. The fraction of sp³-hybridized carbons (Fsp3) is 0.467.